The standard InChI is InChI=1S/C20H22N2O6S/c1-4-25-15-9-14(10-16(26-5-2)18(15)27-6-3)20(24)28-12-17(23)22-19-13(11-21)7-8-29-19/h7-10H,4-6,12H2,1-3H3,(H,22,23). The van der Waals surface area contributed by atoms with Crippen LogP contribution in [0.5, 0.6) is 17.2 Å². The molecule has 154 valence electrons. The van der Waals surface area contributed by atoms with Gasteiger partial charge in [-0.3, -0.25) is 4.79 Å². The maximum Gasteiger partial charge on any atom is 0.338 e. The van der Waals surface area contributed by atoms with Crippen molar-refractivity contribution >= 4 is 28.2 Å². The van der Waals surface area contributed by atoms with Gasteiger partial charge in [0.25, 0.3) is 5.91 Å². The number of amides is 1. The van der Waals surface area contributed by atoms with Gasteiger partial charge < -0.3 is 24.3 Å². The molecule has 1 amide bonds. The summed E-state index contributed by atoms with van der Waals surface area (Å²) in [7, 11) is 0. The van der Waals surface area contributed by atoms with E-state index in [-0.39, 0.29) is 5.56 Å². The second-order valence-corrected chi connectivity index (χ2v) is 6.42. The number of nitrogens with one attached hydrogen (secondary N) is 1. The van der Waals surface area contributed by atoms with Crippen LogP contribution < -0.4 is 19.5 Å². The van der Waals surface area contributed by atoms with Gasteiger partial charge in [-0.15, -0.1) is 11.3 Å². The van der Waals surface area contributed by atoms with Gasteiger partial charge >= 0.3 is 5.97 Å². The van der Waals surface area contributed by atoms with Gasteiger partial charge in [0.2, 0.25) is 5.75 Å². The first-order valence-corrected chi connectivity index (χ1v) is 9.92. The lowest BCUT2D eigenvalue weighted by Crippen LogP contribution is -2.21. The van der Waals surface area contributed by atoms with Crippen molar-refractivity contribution in [1.82, 2.24) is 0 Å². The molecule has 2 aromatic rings. The van der Waals surface area contributed by atoms with Crippen LogP contribution in [0.4, 0.5) is 5.00 Å². The third kappa shape index (κ3) is 5.86. The summed E-state index contributed by atoms with van der Waals surface area (Å²) in [4.78, 5) is 24.5. The van der Waals surface area contributed by atoms with E-state index in [1.54, 1.807) is 11.4 Å². The number of hydrogen-bond acceptors (Lipinski definition) is 8. The summed E-state index contributed by atoms with van der Waals surface area (Å²) in [6, 6.07) is 6.55. The molecule has 0 atom stereocenters. The lowest BCUT2D eigenvalue weighted by Gasteiger charge is -2.16. The molecule has 1 heterocycles. The minimum atomic E-state index is -0.711. The highest BCUT2D eigenvalue weighted by molar-refractivity contribution is 7.14. The zero-order chi connectivity index (χ0) is 21.2. The molecule has 1 aromatic heterocycles. The van der Waals surface area contributed by atoms with Crippen LogP contribution in [0.25, 0.3) is 0 Å². The number of thiophene rings is 1. The number of anilines is 1. The highest BCUT2D eigenvalue weighted by atomic mass is 32.1. The molecule has 0 fully saturated rings. The van der Waals surface area contributed by atoms with E-state index in [9.17, 15) is 9.59 Å². The van der Waals surface area contributed by atoms with Crippen LogP contribution >= 0.6 is 11.3 Å². The molecule has 0 aliphatic heterocycles. The topological polar surface area (TPSA) is 107 Å². The number of hydrogen-bond donors (Lipinski definition) is 1. The zero-order valence-electron chi connectivity index (χ0n) is 16.4. The van der Waals surface area contributed by atoms with Crippen molar-refractivity contribution in [3.8, 4) is 23.3 Å². The van der Waals surface area contributed by atoms with Crippen molar-refractivity contribution in [3.05, 3.63) is 34.7 Å². The molecule has 2 rings (SSSR count). The van der Waals surface area contributed by atoms with Crippen molar-refractivity contribution in [2.24, 2.45) is 0 Å². The minimum absolute atomic E-state index is 0.169. The van der Waals surface area contributed by atoms with Crippen molar-refractivity contribution in [3.63, 3.8) is 0 Å². The maximum absolute atomic E-state index is 12.5. The fourth-order valence-corrected chi connectivity index (χ4v) is 3.13. The van der Waals surface area contributed by atoms with E-state index in [2.05, 4.69) is 5.32 Å². The smallest absolute Gasteiger partial charge is 0.338 e. The number of esters is 1. The zero-order valence-corrected chi connectivity index (χ0v) is 17.3. The largest absolute Gasteiger partial charge is 0.490 e. The minimum Gasteiger partial charge on any atom is -0.490 e. The number of nitrogens with zero attached hydrogens (tertiary/aromatic N) is 1. The Labute approximate surface area is 172 Å². The van der Waals surface area contributed by atoms with E-state index in [0.717, 1.165) is 0 Å². The van der Waals surface area contributed by atoms with E-state index >= 15 is 0 Å². The molecule has 8 nitrogen and oxygen atoms in total. The average Bonchev–Trinajstić information content (AvgIpc) is 3.15. The molecule has 29 heavy (non-hydrogen) atoms. The van der Waals surface area contributed by atoms with Gasteiger partial charge in [-0.2, -0.15) is 5.26 Å². The van der Waals surface area contributed by atoms with E-state index in [1.165, 1.54) is 23.5 Å². The third-order valence-electron chi connectivity index (χ3n) is 3.52. The Morgan fingerprint density at radius 3 is 2.24 bits per heavy atom. The molecule has 9 heteroatoms. The van der Waals surface area contributed by atoms with E-state index < -0.39 is 18.5 Å². The summed E-state index contributed by atoms with van der Waals surface area (Å²) in [6.45, 7) is 6.10. The quantitative estimate of drug-likeness (QED) is 0.587. The lowest BCUT2D eigenvalue weighted by molar-refractivity contribution is -0.119. The molecule has 0 unspecified atom stereocenters. The summed E-state index contributed by atoms with van der Waals surface area (Å²) in [5, 5.41) is 13.6. The Morgan fingerprint density at radius 2 is 1.69 bits per heavy atom. The second kappa shape index (κ2) is 10.9. The van der Waals surface area contributed by atoms with Crippen molar-refractivity contribution in [1.29, 1.82) is 5.26 Å². The molecule has 1 N–H and O–H groups in total. The molecule has 0 aliphatic rings. The monoisotopic (exact) mass is 418 g/mol. The molecule has 1 aromatic carbocycles. The Kier molecular flexibility index (Phi) is 8.30. The van der Waals surface area contributed by atoms with Crippen LogP contribution in [-0.2, 0) is 9.53 Å². The number of nitriles is 1. The van der Waals surface area contributed by atoms with Gasteiger partial charge in [-0.25, -0.2) is 4.79 Å². The summed E-state index contributed by atoms with van der Waals surface area (Å²) < 4.78 is 21.8. The Morgan fingerprint density at radius 1 is 1.07 bits per heavy atom. The van der Waals surface area contributed by atoms with Gasteiger partial charge in [0.1, 0.15) is 11.1 Å². The van der Waals surface area contributed by atoms with Gasteiger partial charge in [0, 0.05) is 0 Å². The van der Waals surface area contributed by atoms with Gasteiger partial charge in [-0.05, 0) is 44.4 Å². The Balaban J connectivity index is 2.12. The third-order valence-corrected chi connectivity index (χ3v) is 4.35. The fraction of sp³-hybridized carbons (Fsp3) is 0.350. The number of carbonyl (C=O) groups is 2. The normalized spacial score (nSPS) is 10.0. The van der Waals surface area contributed by atoms with Crippen LogP contribution in [0, 0.1) is 11.3 Å². The molecule has 0 spiro atoms. The molecule has 0 radical (unpaired) electrons. The molecule has 0 bridgehead atoms. The average molecular weight is 418 g/mol. The van der Waals surface area contributed by atoms with Gasteiger partial charge in [-0.1, -0.05) is 0 Å². The van der Waals surface area contributed by atoms with Gasteiger partial charge in [0.15, 0.2) is 18.1 Å². The highest BCUT2D eigenvalue weighted by Gasteiger charge is 2.20. The summed E-state index contributed by atoms with van der Waals surface area (Å²) in [5.41, 5.74) is 0.519. The fourth-order valence-electron chi connectivity index (χ4n) is 2.38. The molecule has 0 saturated carbocycles. The molecule has 0 aliphatic carbocycles. The van der Waals surface area contributed by atoms with E-state index in [1.807, 2.05) is 26.8 Å². The number of ether oxygens (including phenoxy) is 4. The first-order chi connectivity index (χ1) is 14.0. The first kappa shape index (κ1) is 22.0. The van der Waals surface area contributed by atoms with E-state index in [4.69, 9.17) is 24.2 Å². The molecule has 0 saturated heterocycles. The molecular weight excluding hydrogens is 396 g/mol. The number of benzene rings is 1. The molecular formula is C20H22N2O6S. The maximum atomic E-state index is 12.5. The van der Waals surface area contributed by atoms with E-state index in [0.29, 0.717) is 47.6 Å². The van der Waals surface area contributed by atoms with Crippen LogP contribution in [0.15, 0.2) is 23.6 Å². The predicted octanol–water partition coefficient (Wildman–Crippen LogP) is 3.61. The Hall–Kier alpha value is -3.25. The predicted molar refractivity (Wildman–Crippen MR) is 108 cm³/mol. The summed E-state index contributed by atoms with van der Waals surface area (Å²) in [5.74, 6) is -0.134. The Bertz CT molecular complexity index is 876. The number of carbonyl (C=O) groups excluding carboxylic acids is 2. The highest BCUT2D eigenvalue weighted by Crippen LogP contribution is 2.39. The van der Waals surface area contributed by atoms with Crippen molar-refractivity contribution in [2.75, 3.05) is 31.7 Å². The van der Waals surface area contributed by atoms with Crippen molar-refractivity contribution < 1.29 is 28.5 Å². The van der Waals surface area contributed by atoms with Crippen LogP contribution in [0.1, 0.15) is 36.7 Å². The summed E-state index contributed by atoms with van der Waals surface area (Å²) >= 11 is 1.21. The first-order valence-electron chi connectivity index (χ1n) is 9.04. The summed E-state index contributed by atoms with van der Waals surface area (Å²) in [6.07, 6.45) is 0. The van der Waals surface area contributed by atoms with Crippen molar-refractivity contribution in [2.45, 2.75) is 20.8 Å². The lowest BCUT2D eigenvalue weighted by atomic mass is 10.2. The van der Waals surface area contributed by atoms with Crippen LogP contribution in [0.2, 0.25) is 0 Å². The SMILES string of the molecule is CCOc1cc(C(=O)OCC(=O)Nc2sccc2C#N)cc(OCC)c1OCC. The van der Waals surface area contributed by atoms with Crippen LogP contribution in [-0.4, -0.2) is 38.3 Å². The van der Waals surface area contributed by atoms with Gasteiger partial charge in [0.05, 0.1) is 30.9 Å². The second-order valence-electron chi connectivity index (χ2n) is 5.50. The van der Waals surface area contributed by atoms with Crippen LogP contribution in [0.3, 0.4) is 0 Å². The number of rotatable bonds is 10.